The van der Waals surface area contributed by atoms with Crippen molar-refractivity contribution in [3.8, 4) is 0 Å². The molecule has 2 bridgehead atoms. The summed E-state index contributed by atoms with van der Waals surface area (Å²) in [4.78, 5) is 12.3. The summed E-state index contributed by atoms with van der Waals surface area (Å²) in [6.45, 7) is 4.63. The highest BCUT2D eigenvalue weighted by Crippen LogP contribution is 2.33. The normalized spacial score (nSPS) is 42.2. The van der Waals surface area contributed by atoms with E-state index in [1.807, 2.05) is 0 Å². The number of piperidine rings is 1. The van der Waals surface area contributed by atoms with Gasteiger partial charge in [0, 0.05) is 24.5 Å². The minimum atomic E-state index is 0. The van der Waals surface area contributed by atoms with Crippen LogP contribution in [0.1, 0.15) is 65.2 Å². The van der Waals surface area contributed by atoms with Crippen LogP contribution in [-0.4, -0.2) is 24.0 Å². The molecule has 122 valence electrons. The summed E-state index contributed by atoms with van der Waals surface area (Å²) < 4.78 is 0. The maximum Gasteiger partial charge on any atom is 0.220 e. The Kier molecular flexibility index (Phi) is 5.96. The van der Waals surface area contributed by atoms with Crippen LogP contribution in [0, 0.1) is 17.8 Å². The van der Waals surface area contributed by atoms with E-state index in [0.29, 0.717) is 35.9 Å². The van der Waals surface area contributed by atoms with Gasteiger partial charge in [-0.2, -0.15) is 0 Å². The molecule has 2 aliphatic heterocycles. The second kappa shape index (κ2) is 7.32. The molecular weight excluding hydrogens is 284 g/mol. The molecule has 1 aliphatic carbocycles. The van der Waals surface area contributed by atoms with E-state index in [1.165, 1.54) is 44.9 Å². The van der Waals surface area contributed by atoms with Crippen molar-refractivity contribution in [3.05, 3.63) is 0 Å². The van der Waals surface area contributed by atoms with Crippen LogP contribution in [-0.2, 0) is 4.79 Å². The minimum Gasteiger partial charge on any atom is -0.353 e. The Morgan fingerprint density at radius 3 is 2.33 bits per heavy atom. The van der Waals surface area contributed by atoms with E-state index < -0.39 is 0 Å². The molecule has 0 radical (unpaired) electrons. The SMILES string of the molecule is CC1CCC(NC(=O)CC2CC3CCC(C2)N3)C(C)C1.Cl. The first-order valence-electron chi connectivity index (χ1n) is 8.65. The van der Waals surface area contributed by atoms with E-state index in [1.54, 1.807) is 0 Å². The average molecular weight is 315 g/mol. The predicted octanol–water partition coefficient (Wildman–Crippen LogP) is 3.27. The number of amides is 1. The maximum absolute atomic E-state index is 12.3. The molecule has 4 heteroatoms. The fraction of sp³-hybridized carbons (Fsp3) is 0.941. The van der Waals surface area contributed by atoms with Crippen molar-refractivity contribution < 1.29 is 4.79 Å². The number of rotatable bonds is 3. The fourth-order valence-corrected chi connectivity index (χ4v) is 4.75. The Morgan fingerprint density at radius 1 is 1.05 bits per heavy atom. The third-order valence-electron chi connectivity index (χ3n) is 5.82. The second-order valence-electron chi connectivity index (χ2n) is 7.75. The summed E-state index contributed by atoms with van der Waals surface area (Å²) in [7, 11) is 0. The van der Waals surface area contributed by atoms with E-state index >= 15 is 0 Å². The van der Waals surface area contributed by atoms with Crippen LogP contribution in [0.5, 0.6) is 0 Å². The first-order valence-corrected chi connectivity index (χ1v) is 8.65. The molecule has 1 saturated carbocycles. The van der Waals surface area contributed by atoms with Gasteiger partial charge < -0.3 is 10.6 Å². The topological polar surface area (TPSA) is 41.1 Å². The van der Waals surface area contributed by atoms with E-state index in [2.05, 4.69) is 24.5 Å². The van der Waals surface area contributed by atoms with E-state index in [4.69, 9.17) is 0 Å². The number of carbonyl (C=O) groups excluding carboxylic acids is 1. The van der Waals surface area contributed by atoms with E-state index in [0.717, 1.165) is 12.3 Å². The molecule has 3 rings (SSSR count). The number of carbonyl (C=O) groups is 1. The lowest BCUT2D eigenvalue weighted by Crippen LogP contribution is -2.44. The number of hydrogen-bond donors (Lipinski definition) is 2. The summed E-state index contributed by atoms with van der Waals surface area (Å²) in [5.41, 5.74) is 0. The lowest BCUT2D eigenvalue weighted by molar-refractivity contribution is -0.123. The van der Waals surface area contributed by atoms with Crippen molar-refractivity contribution in [1.82, 2.24) is 10.6 Å². The van der Waals surface area contributed by atoms with Gasteiger partial charge >= 0.3 is 0 Å². The predicted molar refractivity (Wildman–Crippen MR) is 88.6 cm³/mol. The molecule has 3 nitrogen and oxygen atoms in total. The highest BCUT2D eigenvalue weighted by molar-refractivity contribution is 5.85. The summed E-state index contributed by atoms with van der Waals surface area (Å²) in [6.07, 6.45) is 9.53. The van der Waals surface area contributed by atoms with Gasteiger partial charge in [0.1, 0.15) is 0 Å². The number of fused-ring (bicyclic) bond motifs is 2. The molecule has 5 unspecified atom stereocenters. The Bertz CT molecular complexity index is 351. The molecule has 3 fully saturated rings. The lowest BCUT2D eigenvalue weighted by Gasteiger charge is -2.34. The largest absolute Gasteiger partial charge is 0.353 e. The maximum atomic E-state index is 12.3. The van der Waals surface area contributed by atoms with Crippen molar-refractivity contribution in [2.75, 3.05) is 0 Å². The van der Waals surface area contributed by atoms with Gasteiger partial charge in [-0.15, -0.1) is 12.4 Å². The zero-order valence-electron chi connectivity index (χ0n) is 13.4. The van der Waals surface area contributed by atoms with Crippen LogP contribution in [0.2, 0.25) is 0 Å². The Hall–Kier alpha value is -0.280. The zero-order valence-corrected chi connectivity index (χ0v) is 14.3. The molecule has 21 heavy (non-hydrogen) atoms. The van der Waals surface area contributed by atoms with Gasteiger partial charge in [-0.3, -0.25) is 4.79 Å². The molecule has 3 aliphatic rings. The third kappa shape index (κ3) is 4.35. The molecule has 1 amide bonds. The smallest absolute Gasteiger partial charge is 0.220 e. The first kappa shape index (κ1) is 17.1. The monoisotopic (exact) mass is 314 g/mol. The van der Waals surface area contributed by atoms with Crippen molar-refractivity contribution in [1.29, 1.82) is 0 Å². The molecule has 2 saturated heterocycles. The number of halogens is 1. The van der Waals surface area contributed by atoms with Crippen LogP contribution < -0.4 is 10.6 Å². The molecular formula is C17H31ClN2O. The van der Waals surface area contributed by atoms with Crippen LogP contribution in [0.15, 0.2) is 0 Å². The molecule has 0 aromatic rings. The van der Waals surface area contributed by atoms with Crippen LogP contribution in [0.25, 0.3) is 0 Å². The van der Waals surface area contributed by atoms with Gasteiger partial charge in [0.2, 0.25) is 5.91 Å². The molecule has 2 N–H and O–H groups in total. The van der Waals surface area contributed by atoms with Gasteiger partial charge in [-0.05, 0) is 62.7 Å². The first-order chi connectivity index (χ1) is 9.60. The van der Waals surface area contributed by atoms with Gasteiger partial charge in [-0.1, -0.05) is 13.8 Å². The van der Waals surface area contributed by atoms with E-state index in [9.17, 15) is 4.79 Å². The second-order valence-corrected chi connectivity index (χ2v) is 7.75. The van der Waals surface area contributed by atoms with Gasteiger partial charge in [0.25, 0.3) is 0 Å². The van der Waals surface area contributed by atoms with Crippen LogP contribution >= 0.6 is 12.4 Å². The zero-order chi connectivity index (χ0) is 14.1. The van der Waals surface area contributed by atoms with Crippen molar-refractivity contribution in [2.24, 2.45) is 17.8 Å². The Morgan fingerprint density at radius 2 is 1.71 bits per heavy atom. The van der Waals surface area contributed by atoms with Crippen molar-refractivity contribution in [2.45, 2.75) is 83.3 Å². The quantitative estimate of drug-likeness (QED) is 0.839. The molecule has 2 heterocycles. The van der Waals surface area contributed by atoms with Gasteiger partial charge in [-0.25, -0.2) is 0 Å². The standard InChI is InChI=1S/C17H30N2O.ClH/c1-11-3-6-16(12(2)7-11)19-17(20)10-13-8-14-4-5-15(9-13)18-14;/h11-16,18H,3-10H2,1-2H3,(H,19,20);1H. The van der Waals surface area contributed by atoms with Crippen LogP contribution in [0.4, 0.5) is 0 Å². The summed E-state index contributed by atoms with van der Waals surface area (Å²) >= 11 is 0. The highest BCUT2D eigenvalue weighted by Gasteiger charge is 2.34. The average Bonchev–Trinajstić information content (AvgIpc) is 2.72. The summed E-state index contributed by atoms with van der Waals surface area (Å²) in [5.74, 6) is 2.40. The van der Waals surface area contributed by atoms with Crippen molar-refractivity contribution >= 4 is 18.3 Å². The van der Waals surface area contributed by atoms with Gasteiger partial charge in [0.05, 0.1) is 0 Å². The molecule has 0 aromatic carbocycles. The minimum absolute atomic E-state index is 0. The Balaban J connectivity index is 0.00000161. The summed E-state index contributed by atoms with van der Waals surface area (Å²) in [6, 6.07) is 1.82. The lowest BCUT2D eigenvalue weighted by atomic mass is 9.79. The van der Waals surface area contributed by atoms with E-state index in [-0.39, 0.29) is 12.4 Å². The third-order valence-corrected chi connectivity index (χ3v) is 5.82. The van der Waals surface area contributed by atoms with Crippen LogP contribution in [0.3, 0.4) is 0 Å². The molecule has 0 aromatic heterocycles. The van der Waals surface area contributed by atoms with Crippen molar-refractivity contribution in [3.63, 3.8) is 0 Å². The molecule has 5 atom stereocenters. The number of nitrogens with one attached hydrogen (secondary N) is 2. The highest BCUT2D eigenvalue weighted by atomic mass is 35.5. The molecule has 0 spiro atoms. The number of hydrogen-bond acceptors (Lipinski definition) is 2. The fourth-order valence-electron chi connectivity index (χ4n) is 4.75. The van der Waals surface area contributed by atoms with Gasteiger partial charge in [0.15, 0.2) is 0 Å². The Labute approximate surface area is 135 Å². The summed E-state index contributed by atoms with van der Waals surface area (Å²) in [5, 5.41) is 6.98.